The van der Waals surface area contributed by atoms with Crippen LogP contribution in [0.3, 0.4) is 0 Å². The molecule has 0 bridgehead atoms. The molecule has 2 heterocycles. The number of pyridine rings is 1. The van der Waals surface area contributed by atoms with E-state index in [9.17, 15) is 0 Å². The monoisotopic (exact) mass is 231 g/mol. The molecule has 0 spiro atoms. The molecule has 1 fully saturated rings. The topological polar surface area (TPSA) is 57.9 Å². The molecule has 0 aliphatic carbocycles. The van der Waals surface area contributed by atoms with E-state index >= 15 is 0 Å². The van der Waals surface area contributed by atoms with Gasteiger partial charge in [-0.15, -0.1) is 0 Å². The van der Waals surface area contributed by atoms with Crippen molar-refractivity contribution in [1.29, 1.82) is 5.26 Å². The Labute approximate surface area is 102 Å². The summed E-state index contributed by atoms with van der Waals surface area (Å²) in [6.45, 7) is 4.81. The summed E-state index contributed by atoms with van der Waals surface area (Å²) in [5.41, 5.74) is 0.717. The summed E-state index contributed by atoms with van der Waals surface area (Å²) in [6.07, 6.45) is 2.13. The molecule has 1 aromatic heterocycles. The first-order valence-electron chi connectivity index (χ1n) is 5.91. The van der Waals surface area contributed by atoms with Crippen LogP contribution in [0.1, 0.15) is 25.5 Å². The second-order valence-corrected chi connectivity index (χ2v) is 4.80. The standard InChI is InChI=1S/C13H17N3O/c1-13(5-7-17-8-6-13)10-15-12-4-2-3-11(9-14)16-12/h2-4H,5-8,10H2,1H3,(H,15,16). The van der Waals surface area contributed by atoms with E-state index in [4.69, 9.17) is 10.00 Å². The zero-order valence-electron chi connectivity index (χ0n) is 10.1. The number of hydrogen-bond acceptors (Lipinski definition) is 4. The minimum absolute atomic E-state index is 0.266. The first kappa shape index (κ1) is 11.9. The summed E-state index contributed by atoms with van der Waals surface area (Å²) in [7, 11) is 0. The second-order valence-electron chi connectivity index (χ2n) is 4.80. The van der Waals surface area contributed by atoms with Crippen molar-refractivity contribution < 1.29 is 4.74 Å². The summed E-state index contributed by atoms with van der Waals surface area (Å²) in [5, 5.41) is 12.1. The highest BCUT2D eigenvalue weighted by Gasteiger charge is 2.27. The summed E-state index contributed by atoms with van der Waals surface area (Å²) in [4.78, 5) is 4.20. The average Bonchev–Trinajstić information content (AvgIpc) is 2.38. The summed E-state index contributed by atoms with van der Waals surface area (Å²) in [6, 6.07) is 7.49. The van der Waals surface area contributed by atoms with Gasteiger partial charge in [0.1, 0.15) is 17.6 Å². The van der Waals surface area contributed by atoms with Crippen molar-refractivity contribution in [3.63, 3.8) is 0 Å². The maximum absolute atomic E-state index is 8.77. The molecule has 0 radical (unpaired) electrons. The van der Waals surface area contributed by atoms with Gasteiger partial charge in [-0.25, -0.2) is 4.98 Å². The van der Waals surface area contributed by atoms with Gasteiger partial charge in [0.25, 0.3) is 0 Å². The predicted octanol–water partition coefficient (Wildman–Crippen LogP) is 2.18. The van der Waals surface area contributed by atoms with Crippen LogP contribution in [0.4, 0.5) is 5.82 Å². The Bertz CT molecular complexity index is 419. The number of nitrogens with one attached hydrogen (secondary N) is 1. The molecular formula is C13H17N3O. The van der Waals surface area contributed by atoms with Crippen molar-refractivity contribution >= 4 is 5.82 Å². The molecule has 2 rings (SSSR count). The van der Waals surface area contributed by atoms with Gasteiger partial charge in [-0.2, -0.15) is 5.26 Å². The zero-order chi connectivity index (χ0) is 12.1. The summed E-state index contributed by atoms with van der Waals surface area (Å²) in [5.74, 6) is 0.775. The molecule has 0 unspecified atom stereocenters. The minimum atomic E-state index is 0.266. The fourth-order valence-electron chi connectivity index (χ4n) is 1.94. The van der Waals surface area contributed by atoms with E-state index in [0.717, 1.165) is 38.4 Å². The molecule has 0 aromatic carbocycles. The van der Waals surface area contributed by atoms with Crippen molar-refractivity contribution in [3.05, 3.63) is 23.9 Å². The Kier molecular flexibility index (Phi) is 3.60. The number of aromatic nitrogens is 1. The molecule has 4 nitrogen and oxygen atoms in total. The Morgan fingerprint density at radius 1 is 1.47 bits per heavy atom. The van der Waals surface area contributed by atoms with Crippen molar-refractivity contribution in [3.8, 4) is 6.07 Å². The number of anilines is 1. The average molecular weight is 231 g/mol. The molecule has 4 heteroatoms. The third-order valence-electron chi connectivity index (χ3n) is 3.26. The third kappa shape index (κ3) is 3.18. The van der Waals surface area contributed by atoms with Crippen LogP contribution in [0.25, 0.3) is 0 Å². The Hall–Kier alpha value is -1.60. The highest BCUT2D eigenvalue weighted by Crippen LogP contribution is 2.29. The van der Waals surface area contributed by atoms with Crippen LogP contribution in [0.2, 0.25) is 0 Å². The molecular weight excluding hydrogens is 214 g/mol. The molecule has 1 aliphatic heterocycles. The normalized spacial score (nSPS) is 18.4. The number of rotatable bonds is 3. The summed E-state index contributed by atoms with van der Waals surface area (Å²) >= 11 is 0. The highest BCUT2D eigenvalue weighted by molar-refractivity contribution is 5.38. The van der Waals surface area contributed by atoms with Crippen LogP contribution in [0.15, 0.2) is 18.2 Å². The van der Waals surface area contributed by atoms with Crippen molar-refractivity contribution in [2.75, 3.05) is 25.1 Å². The van der Waals surface area contributed by atoms with Gasteiger partial charge < -0.3 is 10.1 Å². The quantitative estimate of drug-likeness (QED) is 0.866. The lowest BCUT2D eigenvalue weighted by molar-refractivity contribution is 0.0300. The molecule has 0 atom stereocenters. The SMILES string of the molecule is CC1(CNc2cccc(C#N)n2)CCOCC1. The van der Waals surface area contributed by atoms with Gasteiger partial charge in [0.05, 0.1) is 0 Å². The summed E-state index contributed by atoms with van der Waals surface area (Å²) < 4.78 is 5.37. The lowest BCUT2D eigenvalue weighted by atomic mass is 9.82. The van der Waals surface area contributed by atoms with Gasteiger partial charge in [-0.3, -0.25) is 0 Å². The van der Waals surface area contributed by atoms with Crippen molar-refractivity contribution in [1.82, 2.24) is 4.98 Å². The second kappa shape index (κ2) is 5.15. The fourth-order valence-corrected chi connectivity index (χ4v) is 1.94. The van der Waals surface area contributed by atoms with Gasteiger partial charge in [-0.1, -0.05) is 13.0 Å². The van der Waals surface area contributed by atoms with Gasteiger partial charge >= 0.3 is 0 Å². The maximum Gasteiger partial charge on any atom is 0.142 e. The van der Waals surface area contributed by atoms with E-state index in [1.165, 1.54) is 0 Å². The zero-order valence-corrected chi connectivity index (χ0v) is 10.1. The molecule has 0 amide bonds. The van der Waals surface area contributed by atoms with E-state index in [1.807, 2.05) is 18.2 Å². The molecule has 0 saturated carbocycles. The van der Waals surface area contributed by atoms with Crippen LogP contribution < -0.4 is 5.32 Å². The van der Waals surface area contributed by atoms with Crippen LogP contribution in [0.5, 0.6) is 0 Å². The molecule has 1 aromatic rings. The highest BCUT2D eigenvalue weighted by atomic mass is 16.5. The first-order valence-corrected chi connectivity index (χ1v) is 5.91. The number of hydrogen-bond donors (Lipinski definition) is 1. The van der Waals surface area contributed by atoms with Gasteiger partial charge in [-0.05, 0) is 30.4 Å². The van der Waals surface area contributed by atoms with Crippen molar-refractivity contribution in [2.45, 2.75) is 19.8 Å². The van der Waals surface area contributed by atoms with Crippen LogP contribution in [0, 0.1) is 16.7 Å². The van der Waals surface area contributed by atoms with Crippen LogP contribution in [-0.4, -0.2) is 24.7 Å². The van der Waals surface area contributed by atoms with Crippen LogP contribution in [-0.2, 0) is 4.74 Å². The van der Waals surface area contributed by atoms with Crippen molar-refractivity contribution in [2.24, 2.45) is 5.41 Å². The molecule has 1 aliphatic rings. The number of nitriles is 1. The van der Waals surface area contributed by atoms with Gasteiger partial charge in [0.15, 0.2) is 0 Å². The van der Waals surface area contributed by atoms with E-state index in [0.29, 0.717) is 5.69 Å². The molecule has 1 N–H and O–H groups in total. The largest absolute Gasteiger partial charge is 0.381 e. The Morgan fingerprint density at radius 2 is 2.24 bits per heavy atom. The fraction of sp³-hybridized carbons (Fsp3) is 0.538. The van der Waals surface area contributed by atoms with E-state index < -0.39 is 0 Å². The molecule has 17 heavy (non-hydrogen) atoms. The Balaban J connectivity index is 1.95. The third-order valence-corrected chi connectivity index (χ3v) is 3.26. The van der Waals surface area contributed by atoms with Gasteiger partial charge in [0.2, 0.25) is 0 Å². The first-order chi connectivity index (χ1) is 8.22. The number of ether oxygens (including phenoxy) is 1. The smallest absolute Gasteiger partial charge is 0.142 e. The van der Waals surface area contributed by atoms with E-state index in [2.05, 4.69) is 17.2 Å². The maximum atomic E-state index is 8.77. The van der Waals surface area contributed by atoms with Crippen LogP contribution >= 0.6 is 0 Å². The predicted molar refractivity (Wildman–Crippen MR) is 65.6 cm³/mol. The number of nitrogens with zero attached hydrogens (tertiary/aromatic N) is 2. The van der Waals surface area contributed by atoms with Gasteiger partial charge in [0, 0.05) is 19.8 Å². The lowest BCUT2D eigenvalue weighted by Crippen LogP contribution is -2.33. The van der Waals surface area contributed by atoms with E-state index in [1.54, 1.807) is 6.07 Å². The Morgan fingerprint density at radius 3 is 2.94 bits per heavy atom. The molecule has 90 valence electrons. The van der Waals surface area contributed by atoms with E-state index in [-0.39, 0.29) is 5.41 Å². The lowest BCUT2D eigenvalue weighted by Gasteiger charge is -2.33. The minimum Gasteiger partial charge on any atom is -0.381 e. The molecule has 1 saturated heterocycles.